The summed E-state index contributed by atoms with van der Waals surface area (Å²) >= 11 is 0. The van der Waals surface area contributed by atoms with Crippen LogP contribution in [0, 0.1) is 0 Å². The van der Waals surface area contributed by atoms with Crippen LogP contribution in [0.4, 0.5) is 5.82 Å². The van der Waals surface area contributed by atoms with Gasteiger partial charge in [0.05, 0.1) is 11.0 Å². The van der Waals surface area contributed by atoms with Crippen LogP contribution in [0.5, 0.6) is 0 Å². The van der Waals surface area contributed by atoms with Gasteiger partial charge in [-0.1, -0.05) is 18.2 Å². The predicted molar refractivity (Wildman–Crippen MR) is 104 cm³/mol. The van der Waals surface area contributed by atoms with Gasteiger partial charge in [0.25, 0.3) is 0 Å². The molecule has 0 atom stereocenters. The van der Waals surface area contributed by atoms with Crippen molar-refractivity contribution in [2.24, 2.45) is 0 Å². The monoisotopic (exact) mass is 356 g/mol. The Morgan fingerprint density at radius 3 is 2.63 bits per heavy atom. The van der Waals surface area contributed by atoms with Crippen molar-refractivity contribution < 1.29 is 0 Å². The Kier molecular flexibility index (Phi) is 3.36. The van der Waals surface area contributed by atoms with Gasteiger partial charge in [0.15, 0.2) is 34.5 Å². The molecule has 0 aliphatic heterocycles. The van der Waals surface area contributed by atoms with Crippen molar-refractivity contribution in [2.45, 2.75) is 13.5 Å². The number of aromatic nitrogens is 7. The zero-order valence-corrected chi connectivity index (χ0v) is 14.6. The molecule has 0 unspecified atom stereocenters. The summed E-state index contributed by atoms with van der Waals surface area (Å²) in [7, 11) is 0. The Bertz CT molecular complexity index is 1240. The van der Waals surface area contributed by atoms with E-state index in [2.05, 4.69) is 29.9 Å². The smallest absolute Gasteiger partial charge is 0.182 e. The van der Waals surface area contributed by atoms with E-state index in [0.717, 1.165) is 11.0 Å². The van der Waals surface area contributed by atoms with Crippen molar-refractivity contribution in [3.05, 3.63) is 48.7 Å². The van der Waals surface area contributed by atoms with Crippen LogP contribution >= 0.6 is 0 Å². The molecule has 0 fully saturated rings. The Labute approximate surface area is 154 Å². The summed E-state index contributed by atoms with van der Waals surface area (Å²) < 4.78 is 1.98. The third-order valence-corrected chi connectivity index (χ3v) is 4.43. The number of nitrogens with zero attached hydrogens (tertiary/aromatic N) is 6. The molecule has 8 nitrogen and oxygen atoms in total. The number of fused-ring (bicyclic) bond motifs is 2. The highest BCUT2D eigenvalue weighted by Gasteiger charge is 2.20. The highest BCUT2D eigenvalue weighted by Crippen LogP contribution is 2.27. The van der Waals surface area contributed by atoms with E-state index < -0.39 is 0 Å². The molecule has 5 rings (SSSR count). The number of anilines is 1. The van der Waals surface area contributed by atoms with Crippen molar-refractivity contribution in [2.75, 3.05) is 5.73 Å². The fourth-order valence-corrected chi connectivity index (χ4v) is 3.17. The number of hydrogen-bond donors (Lipinski definition) is 2. The average molecular weight is 356 g/mol. The first-order chi connectivity index (χ1) is 13.2. The van der Waals surface area contributed by atoms with Gasteiger partial charge in [-0.2, -0.15) is 0 Å². The fraction of sp³-hybridized carbons (Fsp3) is 0.105. The molecule has 1 aromatic carbocycles. The summed E-state index contributed by atoms with van der Waals surface area (Å²) in [6.45, 7) is 2.70. The van der Waals surface area contributed by atoms with Gasteiger partial charge in [-0.25, -0.2) is 19.9 Å². The van der Waals surface area contributed by atoms with E-state index in [9.17, 15) is 0 Å². The maximum absolute atomic E-state index is 6.20. The molecule has 0 saturated heterocycles. The minimum atomic E-state index is 0.324. The third-order valence-electron chi connectivity index (χ3n) is 4.43. The lowest BCUT2D eigenvalue weighted by molar-refractivity contribution is 0.782. The van der Waals surface area contributed by atoms with Crippen molar-refractivity contribution in [3.63, 3.8) is 0 Å². The Hall–Kier alpha value is -3.81. The molecule has 0 aliphatic rings. The largest absolute Gasteiger partial charge is 0.382 e. The van der Waals surface area contributed by atoms with E-state index in [0.29, 0.717) is 46.7 Å². The van der Waals surface area contributed by atoms with Gasteiger partial charge in [-0.3, -0.25) is 4.98 Å². The fourth-order valence-electron chi connectivity index (χ4n) is 3.17. The molecule has 8 heteroatoms. The molecule has 4 aromatic heterocycles. The maximum atomic E-state index is 6.20. The predicted octanol–water partition coefficient (Wildman–Crippen LogP) is 3.03. The van der Waals surface area contributed by atoms with Crippen LogP contribution in [0.2, 0.25) is 0 Å². The number of nitrogen functional groups attached to an aromatic ring is 1. The molecular weight excluding hydrogens is 340 g/mol. The molecule has 0 spiro atoms. The Balaban J connectivity index is 1.75. The number of aromatic amines is 1. The summed E-state index contributed by atoms with van der Waals surface area (Å²) in [5.74, 6) is 2.16. The van der Waals surface area contributed by atoms with Crippen LogP contribution in [0.15, 0.2) is 48.7 Å². The van der Waals surface area contributed by atoms with Crippen LogP contribution in [-0.2, 0) is 6.54 Å². The van der Waals surface area contributed by atoms with E-state index in [1.165, 1.54) is 0 Å². The normalized spacial score (nSPS) is 11.4. The minimum absolute atomic E-state index is 0.324. The molecule has 0 aliphatic carbocycles. The van der Waals surface area contributed by atoms with Gasteiger partial charge >= 0.3 is 0 Å². The molecule has 0 radical (unpaired) electrons. The van der Waals surface area contributed by atoms with Crippen LogP contribution in [0.3, 0.4) is 0 Å². The highest BCUT2D eigenvalue weighted by atomic mass is 15.2. The minimum Gasteiger partial charge on any atom is -0.382 e. The van der Waals surface area contributed by atoms with Gasteiger partial charge in [0.2, 0.25) is 0 Å². The molecule has 0 amide bonds. The standard InChI is InChI=1S/C19H16N8/c1-2-27-18-14(15(20)25-16(26-18)13-9-5-6-10-21-13)24-19(27)17-22-11-7-3-4-8-12(11)23-17/h3-10H,2H2,1H3,(H,22,23)(H2,20,25,26). The first-order valence-corrected chi connectivity index (χ1v) is 8.65. The van der Waals surface area contributed by atoms with Crippen molar-refractivity contribution >= 4 is 28.0 Å². The molecule has 27 heavy (non-hydrogen) atoms. The quantitative estimate of drug-likeness (QED) is 0.514. The van der Waals surface area contributed by atoms with Gasteiger partial charge in [0, 0.05) is 12.7 Å². The van der Waals surface area contributed by atoms with Gasteiger partial charge in [-0.05, 0) is 31.2 Å². The lowest BCUT2D eigenvalue weighted by Crippen LogP contribution is -2.03. The molecule has 3 N–H and O–H groups in total. The van der Waals surface area contributed by atoms with E-state index in [1.54, 1.807) is 6.20 Å². The first kappa shape index (κ1) is 15.4. The molecular formula is C19H16N8. The number of benzene rings is 1. The van der Waals surface area contributed by atoms with Gasteiger partial charge in [0.1, 0.15) is 5.69 Å². The summed E-state index contributed by atoms with van der Waals surface area (Å²) in [4.78, 5) is 26.1. The number of para-hydroxylation sites is 2. The summed E-state index contributed by atoms with van der Waals surface area (Å²) in [5.41, 5.74) is 9.93. The van der Waals surface area contributed by atoms with E-state index >= 15 is 0 Å². The highest BCUT2D eigenvalue weighted by molar-refractivity contribution is 5.87. The third kappa shape index (κ3) is 2.42. The second-order valence-electron chi connectivity index (χ2n) is 6.10. The number of nitrogens with one attached hydrogen (secondary N) is 1. The van der Waals surface area contributed by atoms with Gasteiger partial charge in [-0.15, -0.1) is 0 Å². The average Bonchev–Trinajstić information content (AvgIpc) is 3.29. The van der Waals surface area contributed by atoms with Crippen LogP contribution in [-0.4, -0.2) is 34.5 Å². The Morgan fingerprint density at radius 1 is 1.00 bits per heavy atom. The number of rotatable bonds is 3. The second kappa shape index (κ2) is 5.87. The topological polar surface area (TPSA) is 111 Å². The summed E-state index contributed by atoms with van der Waals surface area (Å²) in [6, 6.07) is 13.5. The number of pyridine rings is 1. The zero-order valence-electron chi connectivity index (χ0n) is 14.6. The molecule has 4 heterocycles. The van der Waals surface area contributed by atoms with Crippen LogP contribution in [0.25, 0.3) is 45.4 Å². The van der Waals surface area contributed by atoms with E-state index in [1.807, 2.05) is 54.0 Å². The van der Waals surface area contributed by atoms with Crippen molar-refractivity contribution in [1.29, 1.82) is 0 Å². The summed E-state index contributed by atoms with van der Waals surface area (Å²) in [5, 5.41) is 0. The van der Waals surface area contributed by atoms with Crippen LogP contribution < -0.4 is 5.73 Å². The van der Waals surface area contributed by atoms with Gasteiger partial charge < -0.3 is 15.3 Å². The second-order valence-corrected chi connectivity index (χ2v) is 6.10. The van der Waals surface area contributed by atoms with Crippen molar-refractivity contribution in [3.8, 4) is 23.2 Å². The molecule has 0 bridgehead atoms. The zero-order chi connectivity index (χ0) is 18.4. The number of nitrogens with two attached hydrogens (primary N) is 1. The lowest BCUT2D eigenvalue weighted by atomic mass is 10.3. The number of hydrogen-bond acceptors (Lipinski definition) is 6. The van der Waals surface area contributed by atoms with E-state index in [-0.39, 0.29) is 0 Å². The molecule has 0 saturated carbocycles. The van der Waals surface area contributed by atoms with Crippen molar-refractivity contribution in [1.82, 2.24) is 34.5 Å². The lowest BCUT2D eigenvalue weighted by Gasteiger charge is -2.05. The Morgan fingerprint density at radius 2 is 1.85 bits per heavy atom. The maximum Gasteiger partial charge on any atom is 0.182 e. The first-order valence-electron chi connectivity index (χ1n) is 8.65. The molecule has 5 aromatic rings. The molecule has 132 valence electrons. The number of imidazole rings is 2. The summed E-state index contributed by atoms with van der Waals surface area (Å²) in [6.07, 6.45) is 1.70. The number of aryl methyl sites for hydroxylation is 1. The van der Waals surface area contributed by atoms with E-state index in [4.69, 9.17) is 5.73 Å². The van der Waals surface area contributed by atoms with Crippen LogP contribution in [0.1, 0.15) is 6.92 Å². The number of H-pyrrole nitrogens is 1. The SMILES string of the molecule is CCn1c(-c2nc3ccccc3[nH]2)nc2c(N)nc(-c3ccccn3)nc21.